The standard InChI is InChI=1S/C8H13NO3S/c1-7-3-4-8(12-7)13(10,11)6-2-5-9/h3-4H,2,5-6,9H2,1H3. The van der Waals surface area contributed by atoms with Gasteiger partial charge in [-0.15, -0.1) is 0 Å². The maximum Gasteiger partial charge on any atom is 0.218 e. The first kappa shape index (κ1) is 10.3. The summed E-state index contributed by atoms with van der Waals surface area (Å²) < 4.78 is 27.9. The highest BCUT2D eigenvalue weighted by Crippen LogP contribution is 2.14. The quantitative estimate of drug-likeness (QED) is 0.782. The lowest BCUT2D eigenvalue weighted by Crippen LogP contribution is -2.10. The molecule has 0 spiro atoms. The van der Waals surface area contributed by atoms with Crippen LogP contribution < -0.4 is 5.73 Å². The minimum Gasteiger partial charge on any atom is -0.450 e. The molecule has 13 heavy (non-hydrogen) atoms. The van der Waals surface area contributed by atoms with Gasteiger partial charge in [0, 0.05) is 0 Å². The van der Waals surface area contributed by atoms with E-state index >= 15 is 0 Å². The van der Waals surface area contributed by atoms with Gasteiger partial charge in [0.25, 0.3) is 0 Å². The lowest BCUT2D eigenvalue weighted by atomic mass is 10.5. The van der Waals surface area contributed by atoms with Gasteiger partial charge in [-0.05, 0) is 32.0 Å². The molecule has 1 rings (SSSR count). The molecule has 0 fully saturated rings. The first-order valence-electron chi connectivity index (χ1n) is 4.05. The summed E-state index contributed by atoms with van der Waals surface area (Å²) in [7, 11) is -3.25. The van der Waals surface area contributed by atoms with Gasteiger partial charge in [0.15, 0.2) is 0 Å². The minimum atomic E-state index is -3.25. The summed E-state index contributed by atoms with van der Waals surface area (Å²) in [5, 5.41) is 0.0402. The molecule has 0 radical (unpaired) electrons. The summed E-state index contributed by atoms with van der Waals surface area (Å²) in [6.07, 6.45) is 0.460. The zero-order chi connectivity index (χ0) is 9.90. The Kier molecular flexibility index (Phi) is 3.11. The fraction of sp³-hybridized carbons (Fsp3) is 0.500. The molecule has 74 valence electrons. The van der Waals surface area contributed by atoms with Gasteiger partial charge < -0.3 is 10.2 Å². The predicted octanol–water partition coefficient (Wildman–Crippen LogP) is 0.711. The van der Waals surface area contributed by atoms with Gasteiger partial charge in [-0.2, -0.15) is 0 Å². The summed E-state index contributed by atoms with van der Waals surface area (Å²) in [4.78, 5) is 0. The second-order valence-corrected chi connectivity index (χ2v) is 4.87. The van der Waals surface area contributed by atoms with Crippen LogP contribution in [0.5, 0.6) is 0 Å². The van der Waals surface area contributed by atoms with Gasteiger partial charge in [-0.1, -0.05) is 0 Å². The Morgan fingerprint density at radius 3 is 2.62 bits per heavy atom. The minimum absolute atomic E-state index is 0.0402. The van der Waals surface area contributed by atoms with Gasteiger partial charge in [0.2, 0.25) is 14.9 Å². The maximum atomic E-state index is 11.5. The first-order valence-corrected chi connectivity index (χ1v) is 5.71. The van der Waals surface area contributed by atoms with Gasteiger partial charge in [0.05, 0.1) is 5.75 Å². The van der Waals surface area contributed by atoms with Crippen LogP contribution in [-0.4, -0.2) is 20.7 Å². The highest BCUT2D eigenvalue weighted by molar-refractivity contribution is 7.91. The van der Waals surface area contributed by atoms with Crippen LogP contribution in [0, 0.1) is 6.92 Å². The van der Waals surface area contributed by atoms with Crippen molar-refractivity contribution in [3.63, 3.8) is 0 Å². The second kappa shape index (κ2) is 3.93. The lowest BCUT2D eigenvalue weighted by Gasteiger charge is -1.98. The molecule has 5 heteroatoms. The Morgan fingerprint density at radius 1 is 1.46 bits per heavy atom. The number of aryl methyl sites for hydroxylation is 1. The zero-order valence-corrected chi connectivity index (χ0v) is 8.30. The molecule has 0 aliphatic rings. The van der Waals surface area contributed by atoms with E-state index in [2.05, 4.69) is 0 Å². The van der Waals surface area contributed by atoms with Crippen molar-refractivity contribution in [3.8, 4) is 0 Å². The van der Waals surface area contributed by atoms with Crippen molar-refractivity contribution in [1.29, 1.82) is 0 Å². The van der Waals surface area contributed by atoms with E-state index in [1.54, 1.807) is 13.0 Å². The van der Waals surface area contributed by atoms with E-state index in [9.17, 15) is 8.42 Å². The van der Waals surface area contributed by atoms with Crippen LogP contribution in [-0.2, 0) is 9.84 Å². The molecule has 1 heterocycles. The number of hydrogen-bond donors (Lipinski definition) is 1. The SMILES string of the molecule is Cc1ccc(S(=O)(=O)CCCN)o1. The summed E-state index contributed by atoms with van der Waals surface area (Å²) in [5.74, 6) is 0.655. The van der Waals surface area contributed by atoms with Crippen molar-refractivity contribution in [2.45, 2.75) is 18.4 Å². The van der Waals surface area contributed by atoms with Gasteiger partial charge in [-0.25, -0.2) is 8.42 Å². The smallest absolute Gasteiger partial charge is 0.218 e. The van der Waals surface area contributed by atoms with Crippen LogP contribution in [0.2, 0.25) is 0 Å². The Labute approximate surface area is 77.7 Å². The third-order valence-electron chi connectivity index (χ3n) is 1.64. The molecule has 1 aromatic heterocycles. The van der Waals surface area contributed by atoms with Crippen LogP contribution in [0.3, 0.4) is 0 Å². The highest BCUT2D eigenvalue weighted by Gasteiger charge is 2.17. The third-order valence-corrected chi connectivity index (χ3v) is 3.30. The maximum absolute atomic E-state index is 11.5. The molecule has 0 aliphatic heterocycles. The Morgan fingerprint density at radius 2 is 2.15 bits per heavy atom. The summed E-state index contributed by atoms with van der Waals surface area (Å²) in [6.45, 7) is 2.08. The lowest BCUT2D eigenvalue weighted by molar-refractivity contribution is 0.428. The molecule has 1 aromatic rings. The van der Waals surface area contributed by atoms with Crippen LogP contribution in [0.4, 0.5) is 0 Å². The molecule has 2 N–H and O–H groups in total. The Bertz CT molecular complexity index is 366. The monoisotopic (exact) mass is 203 g/mol. The molecule has 0 saturated carbocycles. The third kappa shape index (κ3) is 2.57. The number of furan rings is 1. The van der Waals surface area contributed by atoms with Crippen LogP contribution in [0.15, 0.2) is 21.6 Å². The van der Waals surface area contributed by atoms with Crippen molar-refractivity contribution in [2.75, 3.05) is 12.3 Å². The number of rotatable bonds is 4. The van der Waals surface area contributed by atoms with E-state index in [1.807, 2.05) is 0 Å². The fourth-order valence-electron chi connectivity index (χ4n) is 0.953. The van der Waals surface area contributed by atoms with Crippen molar-refractivity contribution < 1.29 is 12.8 Å². The van der Waals surface area contributed by atoms with E-state index in [0.717, 1.165) is 0 Å². The Hall–Kier alpha value is -0.810. The summed E-state index contributed by atoms with van der Waals surface area (Å²) >= 11 is 0. The molecule has 4 nitrogen and oxygen atoms in total. The van der Waals surface area contributed by atoms with Crippen LogP contribution in [0.25, 0.3) is 0 Å². The molecular formula is C8H13NO3S. The zero-order valence-electron chi connectivity index (χ0n) is 7.49. The van der Waals surface area contributed by atoms with Gasteiger partial charge in [-0.3, -0.25) is 0 Å². The van der Waals surface area contributed by atoms with Gasteiger partial charge in [0.1, 0.15) is 5.76 Å². The van der Waals surface area contributed by atoms with Crippen molar-refractivity contribution in [3.05, 3.63) is 17.9 Å². The number of hydrogen-bond acceptors (Lipinski definition) is 4. The normalized spacial score (nSPS) is 11.8. The number of sulfone groups is 1. The predicted molar refractivity (Wildman–Crippen MR) is 49.2 cm³/mol. The molecule has 0 aliphatic carbocycles. The van der Waals surface area contributed by atoms with Crippen LogP contribution in [0.1, 0.15) is 12.2 Å². The second-order valence-electron chi connectivity index (χ2n) is 2.83. The summed E-state index contributed by atoms with van der Waals surface area (Å²) in [5.41, 5.74) is 5.22. The molecule has 0 bridgehead atoms. The van der Waals surface area contributed by atoms with E-state index in [0.29, 0.717) is 18.7 Å². The topological polar surface area (TPSA) is 73.3 Å². The molecule has 0 saturated heterocycles. The Balaban J connectivity index is 2.82. The fourth-order valence-corrected chi connectivity index (χ4v) is 2.23. The molecule has 0 aromatic carbocycles. The average molecular weight is 203 g/mol. The first-order chi connectivity index (χ1) is 6.06. The highest BCUT2D eigenvalue weighted by atomic mass is 32.2. The largest absolute Gasteiger partial charge is 0.450 e. The van der Waals surface area contributed by atoms with E-state index in [-0.39, 0.29) is 10.8 Å². The van der Waals surface area contributed by atoms with Gasteiger partial charge >= 0.3 is 0 Å². The van der Waals surface area contributed by atoms with E-state index in [4.69, 9.17) is 10.2 Å². The van der Waals surface area contributed by atoms with Crippen molar-refractivity contribution in [2.24, 2.45) is 5.73 Å². The molecular weight excluding hydrogens is 190 g/mol. The molecule has 0 unspecified atom stereocenters. The average Bonchev–Trinajstić information content (AvgIpc) is 2.49. The number of nitrogens with two attached hydrogens (primary N) is 1. The van der Waals surface area contributed by atoms with Crippen LogP contribution >= 0.6 is 0 Å². The van der Waals surface area contributed by atoms with E-state index < -0.39 is 9.84 Å². The molecule has 0 atom stereocenters. The van der Waals surface area contributed by atoms with E-state index in [1.165, 1.54) is 6.07 Å². The van der Waals surface area contributed by atoms with Crippen molar-refractivity contribution >= 4 is 9.84 Å². The van der Waals surface area contributed by atoms with Crippen molar-refractivity contribution in [1.82, 2.24) is 0 Å². The summed E-state index contributed by atoms with van der Waals surface area (Å²) in [6, 6.07) is 3.11. The molecule has 0 amide bonds.